The fourth-order valence-electron chi connectivity index (χ4n) is 4.08. The number of ether oxygens (including phenoxy) is 2. The van der Waals surface area contributed by atoms with E-state index in [-0.39, 0.29) is 40.7 Å². The highest BCUT2D eigenvalue weighted by molar-refractivity contribution is 6.36. The van der Waals surface area contributed by atoms with Gasteiger partial charge in [-0.15, -0.1) is 0 Å². The molecule has 0 spiro atoms. The number of hydrogen-bond donors (Lipinski definition) is 1. The highest BCUT2D eigenvalue weighted by Crippen LogP contribution is 2.27. The number of esters is 1. The number of likely N-dealkylation sites (tertiary alicyclic amines) is 1. The van der Waals surface area contributed by atoms with Crippen LogP contribution in [0, 0.1) is 5.82 Å². The number of carbonyl (C=O) groups is 3. The number of anilines is 2. The van der Waals surface area contributed by atoms with Gasteiger partial charge in [-0.2, -0.15) is 4.42 Å². The molecule has 2 atom stereocenters. The Morgan fingerprint density at radius 1 is 1.18 bits per heavy atom. The summed E-state index contributed by atoms with van der Waals surface area (Å²) in [5.41, 5.74) is -1.26. The largest absolute Gasteiger partial charge is 0.465 e. The fraction of sp³-hybridized carbons (Fsp3) is 0.240. The highest BCUT2D eigenvalue weighted by Gasteiger charge is 2.42. The number of rotatable bonds is 6. The Labute approximate surface area is 231 Å². The van der Waals surface area contributed by atoms with Crippen LogP contribution in [-0.2, 0) is 14.3 Å². The molecule has 4 rings (SSSR count). The third kappa shape index (κ3) is 5.87. The number of halogens is 3. The summed E-state index contributed by atoms with van der Waals surface area (Å²) < 4.78 is 26.8. The van der Waals surface area contributed by atoms with Crippen LogP contribution in [-0.4, -0.2) is 65.3 Å². The normalized spacial score (nSPS) is 16.6. The molecule has 11 nitrogen and oxygen atoms in total. The van der Waals surface area contributed by atoms with Crippen LogP contribution in [0.1, 0.15) is 16.8 Å². The summed E-state index contributed by atoms with van der Waals surface area (Å²) in [6, 6.07) is 7.85. The quantitative estimate of drug-likeness (QED) is 0.350. The number of pyridine rings is 2. The molecule has 1 aromatic carbocycles. The van der Waals surface area contributed by atoms with Crippen LogP contribution >= 0.6 is 23.4 Å². The second kappa shape index (κ2) is 11.8. The van der Waals surface area contributed by atoms with Crippen molar-refractivity contribution in [1.82, 2.24) is 14.5 Å². The molecule has 204 valence electrons. The van der Waals surface area contributed by atoms with E-state index in [2.05, 4.69) is 15.0 Å². The lowest BCUT2D eigenvalue weighted by Crippen LogP contribution is -2.47. The number of urea groups is 1. The van der Waals surface area contributed by atoms with E-state index in [1.54, 1.807) is 12.1 Å². The number of benzene rings is 1. The molecule has 3 heterocycles. The average molecular weight is 578 g/mol. The number of amides is 3. The van der Waals surface area contributed by atoms with Gasteiger partial charge < -0.3 is 19.7 Å². The predicted octanol–water partition coefficient (Wildman–Crippen LogP) is 3.62. The van der Waals surface area contributed by atoms with E-state index in [4.69, 9.17) is 28.1 Å². The van der Waals surface area contributed by atoms with Gasteiger partial charge in [0.2, 0.25) is 5.91 Å². The molecule has 2 aromatic heterocycles. The van der Waals surface area contributed by atoms with Crippen LogP contribution in [0.5, 0.6) is 0 Å². The molecule has 1 N–H and O–H groups in total. The molecule has 1 aliphatic heterocycles. The summed E-state index contributed by atoms with van der Waals surface area (Å²) in [4.78, 5) is 56.2. The summed E-state index contributed by atoms with van der Waals surface area (Å²) in [6.45, 7) is 0.0745. The summed E-state index contributed by atoms with van der Waals surface area (Å²) >= 11 is 12.2. The maximum Gasteiger partial charge on any atom is 0.343 e. The number of hydrogen-bond acceptors (Lipinski definition) is 7. The van der Waals surface area contributed by atoms with Crippen LogP contribution in [0.3, 0.4) is 0 Å². The standard InChI is InChI=1S/C25H22Cl2FN5O6/c1-38-16-11-20(32(13-16)25(37)33(27)21-5-3-4-8-29-21)22(34)30-19-7-6-15(10-18(19)28)31-12-14(26)9-17(23(31)35)24(36)39-2/h3-10,12,16,20H,11,13H2,1-2H3,(H,30,34). The summed E-state index contributed by atoms with van der Waals surface area (Å²) in [7, 11) is 2.56. The van der Waals surface area contributed by atoms with Crippen molar-refractivity contribution in [3.05, 3.63) is 81.6 Å². The van der Waals surface area contributed by atoms with Crippen molar-refractivity contribution >= 4 is 52.8 Å². The number of nitrogens with one attached hydrogen (secondary N) is 1. The maximum atomic E-state index is 15.1. The molecule has 0 bridgehead atoms. The van der Waals surface area contributed by atoms with Gasteiger partial charge in [0.1, 0.15) is 17.4 Å². The molecular formula is C25H22Cl2FN5O6. The van der Waals surface area contributed by atoms with Crippen molar-refractivity contribution in [3.8, 4) is 5.69 Å². The zero-order chi connectivity index (χ0) is 28.3. The second-order valence-electron chi connectivity index (χ2n) is 8.41. The Hall–Kier alpha value is -4.00. The minimum Gasteiger partial charge on any atom is -0.465 e. The molecule has 1 fully saturated rings. The van der Waals surface area contributed by atoms with Gasteiger partial charge in [-0.05, 0) is 30.3 Å². The maximum absolute atomic E-state index is 15.1. The zero-order valence-electron chi connectivity index (χ0n) is 20.6. The van der Waals surface area contributed by atoms with E-state index < -0.39 is 41.4 Å². The molecule has 3 amide bonds. The lowest BCUT2D eigenvalue weighted by atomic mass is 10.1. The highest BCUT2D eigenvalue weighted by atomic mass is 35.5. The van der Waals surface area contributed by atoms with Crippen molar-refractivity contribution in [3.63, 3.8) is 0 Å². The molecule has 0 saturated carbocycles. The van der Waals surface area contributed by atoms with Gasteiger partial charge in [-0.1, -0.05) is 17.7 Å². The minimum atomic E-state index is -1.02. The van der Waals surface area contributed by atoms with Crippen molar-refractivity contribution in [2.24, 2.45) is 0 Å². The van der Waals surface area contributed by atoms with Crippen molar-refractivity contribution < 1.29 is 28.2 Å². The van der Waals surface area contributed by atoms with E-state index in [1.807, 2.05) is 0 Å². The molecule has 3 aromatic rings. The SMILES string of the molecule is COC(=O)c1cc(Cl)cn(-c2ccc(NC(=O)C3CC(OC)CN3C(=O)N(Cl)c3ccccn3)c(F)c2)c1=O. The van der Waals surface area contributed by atoms with Crippen molar-refractivity contribution in [2.45, 2.75) is 18.6 Å². The molecule has 1 saturated heterocycles. The molecular weight excluding hydrogens is 556 g/mol. The first-order valence-corrected chi connectivity index (χ1v) is 12.2. The Morgan fingerprint density at radius 3 is 2.59 bits per heavy atom. The first-order chi connectivity index (χ1) is 18.6. The minimum absolute atomic E-state index is 0.0468. The average Bonchev–Trinajstić information content (AvgIpc) is 3.39. The Balaban J connectivity index is 1.57. The van der Waals surface area contributed by atoms with Gasteiger partial charge in [-0.25, -0.2) is 19.0 Å². The zero-order valence-corrected chi connectivity index (χ0v) is 22.1. The van der Waals surface area contributed by atoms with Crippen LogP contribution in [0.15, 0.2) is 59.7 Å². The Morgan fingerprint density at radius 2 is 1.95 bits per heavy atom. The summed E-state index contributed by atoms with van der Waals surface area (Å²) in [6.07, 6.45) is 2.37. The molecule has 0 radical (unpaired) electrons. The molecule has 1 aliphatic rings. The van der Waals surface area contributed by atoms with Crippen LogP contribution in [0.25, 0.3) is 5.69 Å². The van der Waals surface area contributed by atoms with E-state index in [0.29, 0.717) is 0 Å². The van der Waals surface area contributed by atoms with Crippen LogP contribution < -0.4 is 15.3 Å². The third-order valence-electron chi connectivity index (χ3n) is 6.04. The van der Waals surface area contributed by atoms with Gasteiger partial charge in [-0.3, -0.25) is 14.2 Å². The van der Waals surface area contributed by atoms with Gasteiger partial charge >= 0.3 is 12.0 Å². The molecule has 39 heavy (non-hydrogen) atoms. The lowest BCUT2D eigenvalue weighted by Gasteiger charge is -2.26. The van der Waals surface area contributed by atoms with Crippen molar-refractivity contribution in [1.29, 1.82) is 0 Å². The van der Waals surface area contributed by atoms with E-state index in [9.17, 15) is 19.2 Å². The lowest BCUT2D eigenvalue weighted by molar-refractivity contribution is -0.119. The summed E-state index contributed by atoms with van der Waals surface area (Å²) in [5.74, 6) is -2.28. The first kappa shape index (κ1) is 28.0. The van der Waals surface area contributed by atoms with Gasteiger partial charge in [0.05, 0.1) is 29.6 Å². The van der Waals surface area contributed by atoms with Gasteiger partial charge in [0.15, 0.2) is 5.82 Å². The van der Waals surface area contributed by atoms with Gasteiger partial charge in [0.25, 0.3) is 5.56 Å². The first-order valence-electron chi connectivity index (χ1n) is 11.5. The third-order valence-corrected chi connectivity index (χ3v) is 6.57. The monoisotopic (exact) mass is 577 g/mol. The number of methoxy groups -OCH3 is 2. The predicted molar refractivity (Wildman–Crippen MR) is 141 cm³/mol. The van der Waals surface area contributed by atoms with E-state index >= 15 is 4.39 Å². The van der Waals surface area contributed by atoms with E-state index in [0.717, 1.165) is 28.2 Å². The molecule has 0 aliphatic carbocycles. The number of carbonyl (C=O) groups excluding carboxylic acids is 3. The number of nitrogens with zero attached hydrogens (tertiary/aromatic N) is 4. The van der Waals surface area contributed by atoms with E-state index in [1.165, 1.54) is 42.6 Å². The van der Waals surface area contributed by atoms with Gasteiger partial charge in [0, 0.05) is 50.3 Å². The van der Waals surface area contributed by atoms with Crippen LogP contribution in [0.4, 0.5) is 20.7 Å². The Kier molecular flexibility index (Phi) is 8.48. The fourth-order valence-corrected chi connectivity index (χ4v) is 4.48. The Bertz CT molecular complexity index is 1470. The molecule has 14 heteroatoms. The van der Waals surface area contributed by atoms with Crippen molar-refractivity contribution in [2.75, 3.05) is 30.5 Å². The van der Waals surface area contributed by atoms with Crippen LogP contribution in [0.2, 0.25) is 5.02 Å². The number of aromatic nitrogens is 2. The topological polar surface area (TPSA) is 123 Å². The molecule has 2 unspecified atom stereocenters. The smallest absolute Gasteiger partial charge is 0.343 e. The summed E-state index contributed by atoms with van der Waals surface area (Å²) in [5, 5.41) is 2.52. The second-order valence-corrected chi connectivity index (χ2v) is 9.18.